The summed E-state index contributed by atoms with van der Waals surface area (Å²) >= 11 is 1.85. The Morgan fingerprint density at radius 3 is 2.75 bits per heavy atom. The first-order valence-electron chi connectivity index (χ1n) is 4.05. The van der Waals surface area contributed by atoms with Gasteiger partial charge in [-0.1, -0.05) is 30.3 Å². The highest BCUT2D eigenvalue weighted by molar-refractivity contribution is 8.02. The molecule has 1 nitrogen and oxygen atoms in total. The molecule has 0 amide bonds. The molecule has 0 saturated carbocycles. The fraction of sp³-hybridized carbons (Fsp3) is 0.200. The van der Waals surface area contributed by atoms with Crippen LogP contribution in [-0.4, -0.2) is 5.37 Å². The van der Waals surface area contributed by atoms with Crippen molar-refractivity contribution in [2.45, 2.75) is 11.8 Å². The molecule has 0 fully saturated rings. The maximum atomic E-state index is 3.29. The predicted molar refractivity (Wildman–Crippen MR) is 53.8 cm³/mol. The standard InChI is InChI=1S/C10H11NS/c1-2-4-9(5-3-1)8-10-11-6-7-12-10/h1-7,10-11H,8H2. The van der Waals surface area contributed by atoms with E-state index in [-0.39, 0.29) is 0 Å². The highest BCUT2D eigenvalue weighted by atomic mass is 32.2. The van der Waals surface area contributed by atoms with E-state index in [4.69, 9.17) is 0 Å². The number of nitrogens with one attached hydrogen (secondary N) is 1. The van der Waals surface area contributed by atoms with Crippen LogP contribution in [0, 0.1) is 0 Å². The van der Waals surface area contributed by atoms with Gasteiger partial charge in [0.25, 0.3) is 0 Å². The second-order valence-electron chi connectivity index (χ2n) is 2.78. The lowest BCUT2D eigenvalue weighted by Gasteiger charge is -2.09. The van der Waals surface area contributed by atoms with Crippen LogP contribution >= 0.6 is 11.8 Å². The molecule has 62 valence electrons. The lowest BCUT2D eigenvalue weighted by atomic mass is 10.1. The zero-order chi connectivity index (χ0) is 8.23. The molecule has 0 aliphatic carbocycles. The Balaban J connectivity index is 1.95. The summed E-state index contributed by atoms with van der Waals surface area (Å²) in [6.45, 7) is 0. The number of hydrogen-bond acceptors (Lipinski definition) is 2. The van der Waals surface area contributed by atoms with Gasteiger partial charge >= 0.3 is 0 Å². The van der Waals surface area contributed by atoms with E-state index in [9.17, 15) is 0 Å². The number of benzene rings is 1. The van der Waals surface area contributed by atoms with Crippen LogP contribution in [0.3, 0.4) is 0 Å². The predicted octanol–water partition coefficient (Wildman–Crippen LogP) is 2.36. The Morgan fingerprint density at radius 2 is 2.08 bits per heavy atom. The topological polar surface area (TPSA) is 12.0 Å². The fourth-order valence-corrected chi connectivity index (χ4v) is 2.05. The summed E-state index contributed by atoms with van der Waals surface area (Å²) in [6, 6.07) is 10.6. The van der Waals surface area contributed by atoms with E-state index in [0.29, 0.717) is 5.37 Å². The normalized spacial score (nSPS) is 20.8. The third kappa shape index (κ3) is 1.83. The van der Waals surface area contributed by atoms with E-state index < -0.39 is 0 Å². The van der Waals surface area contributed by atoms with Crippen molar-refractivity contribution in [3.8, 4) is 0 Å². The van der Waals surface area contributed by atoms with E-state index in [1.54, 1.807) is 0 Å². The van der Waals surface area contributed by atoms with Crippen molar-refractivity contribution in [2.75, 3.05) is 0 Å². The van der Waals surface area contributed by atoms with Gasteiger partial charge in [0.15, 0.2) is 0 Å². The average molecular weight is 177 g/mol. The molecule has 1 aromatic carbocycles. The maximum Gasteiger partial charge on any atom is 0.0799 e. The van der Waals surface area contributed by atoms with Gasteiger partial charge in [-0.15, -0.1) is 11.8 Å². The second kappa shape index (κ2) is 3.68. The smallest absolute Gasteiger partial charge is 0.0799 e. The summed E-state index contributed by atoms with van der Waals surface area (Å²) < 4.78 is 0. The molecule has 1 aromatic rings. The molecule has 0 bridgehead atoms. The van der Waals surface area contributed by atoms with Crippen LogP contribution in [0.4, 0.5) is 0 Å². The molecule has 1 atom stereocenters. The Bertz CT molecular complexity index is 260. The van der Waals surface area contributed by atoms with Crippen molar-refractivity contribution < 1.29 is 0 Å². The summed E-state index contributed by atoms with van der Waals surface area (Å²) in [5.41, 5.74) is 1.39. The third-order valence-electron chi connectivity index (χ3n) is 1.86. The van der Waals surface area contributed by atoms with Gasteiger partial charge in [-0.25, -0.2) is 0 Å². The van der Waals surface area contributed by atoms with E-state index >= 15 is 0 Å². The van der Waals surface area contributed by atoms with E-state index in [0.717, 1.165) is 6.42 Å². The van der Waals surface area contributed by atoms with Crippen molar-refractivity contribution in [2.24, 2.45) is 0 Å². The summed E-state index contributed by atoms with van der Waals surface area (Å²) in [6.07, 6.45) is 3.11. The molecule has 1 aliphatic heterocycles. The Labute approximate surface area is 76.9 Å². The Hall–Kier alpha value is -0.890. The van der Waals surface area contributed by atoms with Crippen molar-refractivity contribution in [3.05, 3.63) is 47.5 Å². The minimum Gasteiger partial charge on any atom is -0.378 e. The average Bonchev–Trinajstić information content (AvgIpc) is 2.59. The molecule has 0 saturated heterocycles. The molecular formula is C10H11NS. The Morgan fingerprint density at radius 1 is 1.25 bits per heavy atom. The van der Waals surface area contributed by atoms with E-state index in [1.807, 2.05) is 18.0 Å². The molecule has 0 radical (unpaired) electrons. The number of thioether (sulfide) groups is 1. The second-order valence-corrected chi connectivity index (χ2v) is 3.90. The minimum absolute atomic E-state index is 0.535. The molecule has 0 aromatic heterocycles. The van der Waals surface area contributed by atoms with Crippen molar-refractivity contribution >= 4 is 11.8 Å². The first kappa shape index (κ1) is 7.74. The van der Waals surface area contributed by atoms with Crippen LogP contribution in [0.2, 0.25) is 0 Å². The molecular weight excluding hydrogens is 166 g/mol. The van der Waals surface area contributed by atoms with Crippen LogP contribution in [0.25, 0.3) is 0 Å². The van der Waals surface area contributed by atoms with Gasteiger partial charge in [0, 0.05) is 12.6 Å². The molecule has 2 rings (SSSR count). The highest BCUT2D eigenvalue weighted by Gasteiger charge is 2.09. The van der Waals surface area contributed by atoms with Gasteiger partial charge < -0.3 is 5.32 Å². The van der Waals surface area contributed by atoms with E-state index in [1.165, 1.54) is 5.56 Å². The van der Waals surface area contributed by atoms with Crippen LogP contribution in [-0.2, 0) is 6.42 Å². The highest BCUT2D eigenvalue weighted by Crippen LogP contribution is 2.19. The van der Waals surface area contributed by atoms with Crippen molar-refractivity contribution in [1.82, 2.24) is 5.32 Å². The fourth-order valence-electron chi connectivity index (χ4n) is 1.26. The van der Waals surface area contributed by atoms with Crippen molar-refractivity contribution in [1.29, 1.82) is 0 Å². The molecule has 12 heavy (non-hydrogen) atoms. The molecule has 2 heteroatoms. The van der Waals surface area contributed by atoms with Crippen LogP contribution in [0.1, 0.15) is 5.56 Å². The zero-order valence-corrected chi connectivity index (χ0v) is 7.55. The maximum absolute atomic E-state index is 3.29. The van der Waals surface area contributed by atoms with Crippen molar-refractivity contribution in [3.63, 3.8) is 0 Å². The zero-order valence-electron chi connectivity index (χ0n) is 6.73. The van der Waals surface area contributed by atoms with Crippen LogP contribution in [0.15, 0.2) is 41.9 Å². The molecule has 1 heterocycles. The Kier molecular flexibility index (Phi) is 2.37. The molecule has 1 unspecified atom stereocenters. The van der Waals surface area contributed by atoms with Gasteiger partial charge in [0.2, 0.25) is 0 Å². The SMILES string of the molecule is C1=CSC(Cc2ccccc2)N1. The minimum atomic E-state index is 0.535. The summed E-state index contributed by atoms with van der Waals surface area (Å²) in [5.74, 6) is 0. The van der Waals surface area contributed by atoms with Crippen LogP contribution in [0.5, 0.6) is 0 Å². The summed E-state index contributed by atoms with van der Waals surface area (Å²) in [4.78, 5) is 0. The van der Waals surface area contributed by atoms with Gasteiger partial charge in [-0.2, -0.15) is 0 Å². The number of rotatable bonds is 2. The largest absolute Gasteiger partial charge is 0.378 e. The van der Waals surface area contributed by atoms with Gasteiger partial charge in [0.05, 0.1) is 5.37 Å². The van der Waals surface area contributed by atoms with Gasteiger partial charge in [0.1, 0.15) is 0 Å². The number of hydrogen-bond donors (Lipinski definition) is 1. The van der Waals surface area contributed by atoms with Gasteiger partial charge in [-0.3, -0.25) is 0 Å². The third-order valence-corrected chi connectivity index (χ3v) is 2.78. The molecule has 1 N–H and O–H groups in total. The molecule has 1 aliphatic rings. The summed E-state index contributed by atoms with van der Waals surface area (Å²) in [5, 5.41) is 5.93. The van der Waals surface area contributed by atoms with Gasteiger partial charge in [-0.05, 0) is 11.0 Å². The first-order valence-corrected chi connectivity index (χ1v) is 5.00. The lowest BCUT2D eigenvalue weighted by molar-refractivity contribution is 0.787. The lowest BCUT2D eigenvalue weighted by Crippen LogP contribution is -2.18. The monoisotopic (exact) mass is 177 g/mol. The molecule has 0 spiro atoms. The summed E-state index contributed by atoms with van der Waals surface area (Å²) in [7, 11) is 0. The van der Waals surface area contributed by atoms with E-state index in [2.05, 4.69) is 41.1 Å². The quantitative estimate of drug-likeness (QED) is 0.744. The van der Waals surface area contributed by atoms with Crippen LogP contribution < -0.4 is 5.32 Å². The first-order chi connectivity index (χ1) is 5.95.